The number of hydrogen-bond donors (Lipinski definition) is 1. The summed E-state index contributed by atoms with van der Waals surface area (Å²) in [5.74, 6) is -1.88. The van der Waals surface area contributed by atoms with E-state index in [9.17, 15) is 28.1 Å². The summed E-state index contributed by atoms with van der Waals surface area (Å²) < 4.78 is 31.5. The third-order valence-electron chi connectivity index (χ3n) is 4.84. The third-order valence-corrected chi connectivity index (χ3v) is 7.05. The Labute approximate surface area is 188 Å². The van der Waals surface area contributed by atoms with E-state index in [2.05, 4.69) is 10.3 Å². The number of nitrogens with zero attached hydrogens (tertiary/aromatic N) is 3. The number of nitrogens with one attached hydrogen (secondary N) is 1. The van der Waals surface area contributed by atoms with Crippen molar-refractivity contribution in [2.75, 3.05) is 25.0 Å². The van der Waals surface area contributed by atoms with Crippen molar-refractivity contribution >= 4 is 44.9 Å². The fourth-order valence-electron chi connectivity index (χ4n) is 3.14. The van der Waals surface area contributed by atoms with Crippen molar-refractivity contribution < 1.29 is 27.7 Å². The van der Waals surface area contributed by atoms with E-state index in [1.807, 2.05) is 0 Å². The molecule has 1 saturated heterocycles. The van der Waals surface area contributed by atoms with Crippen LogP contribution in [0.3, 0.4) is 0 Å². The summed E-state index contributed by atoms with van der Waals surface area (Å²) in [5, 5.41) is 13.3. The highest BCUT2D eigenvalue weighted by atomic mass is 35.5. The van der Waals surface area contributed by atoms with Crippen LogP contribution < -0.4 is 5.32 Å². The van der Waals surface area contributed by atoms with Crippen LogP contribution in [0.4, 0.5) is 11.4 Å². The van der Waals surface area contributed by atoms with Gasteiger partial charge in [0, 0.05) is 37.6 Å². The fourth-order valence-corrected chi connectivity index (χ4v) is 4.74. The standard InChI is InChI=1S/C19H19ClN4O7S/c20-16-4-3-14(24(27)28)10-17(16)22-18(25)12-31-19(26)13-5-8-23(9-6-13)32(29,30)15-2-1-7-21-11-15/h1-4,7,10-11,13H,5-6,8-9,12H2,(H,22,25). The number of rotatable bonds is 7. The van der Waals surface area contributed by atoms with Gasteiger partial charge in [0.1, 0.15) is 4.90 Å². The molecule has 0 radical (unpaired) electrons. The Morgan fingerprint density at radius 2 is 2.00 bits per heavy atom. The molecule has 0 spiro atoms. The van der Waals surface area contributed by atoms with Gasteiger partial charge in [-0.05, 0) is 31.0 Å². The summed E-state index contributed by atoms with van der Waals surface area (Å²) in [5.41, 5.74) is -0.231. The van der Waals surface area contributed by atoms with Gasteiger partial charge in [0.15, 0.2) is 6.61 Å². The van der Waals surface area contributed by atoms with Crippen LogP contribution in [0.5, 0.6) is 0 Å². The van der Waals surface area contributed by atoms with E-state index in [-0.39, 0.29) is 47.2 Å². The maximum atomic E-state index is 12.6. The SMILES string of the molecule is O=C(COC(=O)C1CCN(S(=O)(=O)c2cccnc2)CC1)Nc1cc([N+](=O)[O-])ccc1Cl. The molecule has 0 unspecified atom stereocenters. The number of non-ortho nitro benzene ring substituents is 1. The van der Waals surface area contributed by atoms with Gasteiger partial charge in [-0.25, -0.2) is 8.42 Å². The molecule has 2 aromatic rings. The Hall–Kier alpha value is -3.09. The molecule has 3 rings (SSSR count). The summed E-state index contributed by atoms with van der Waals surface area (Å²) in [6.45, 7) is -0.342. The van der Waals surface area contributed by atoms with Crippen LogP contribution in [-0.4, -0.2) is 54.2 Å². The van der Waals surface area contributed by atoms with Crippen molar-refractivity contribution in [3.63, 3.8) is 0 Å². The molecule has 1 N–H and O–H groups in total. The van der Waals surface area contributed by atoms with Gasteiger partial charge in [-0.3, -0.25) is 24.7 Å². The number of carbonyl (C=O) groups excluding carboxylic acids is 2. The van der Waals surface area contributed by atoms with Gasteiger partial charge in [0.05, 0.1) is 21.6 Å². The van der Waals surface area contributed by atoms with Crippen molar-refractivity contribution in [1.29, 1.82) is 0 Å². The largest absolute Gasteiger partial charge is 0.455 e. The number of piperidine rings is 1. The highest BCUT2D eigenvalue weighted by molar-refractivity contribution is 7.89. The van der Waals surface area contributed by atoms with Gasteiger partial charge in [-0.15, -0.1) is 0 Å². The first-order valence-corrected chi connectivity index (χ1v) is 11.3. The maximum Gasteiger partial charge on any atom is 0.309 e. The van der Waals surface area contributed by atoms with Crippen LogP contribution >= 0.6 is 11.6 Å². The van der Waals surface area contributed by atoms with Crippen LogP contribution in [-0.2, 0) is 24.3 Å². The van der Waals surface area contributed by atoms with Crippen LogP contribution in [0.25, 0.3) is 0 Å². The van der Waals surface area contributed by atoms with Crippen molar-refractivity contribution in [3.8, 4) is 0 Å². The molecular weight excluding hydrogens is 464 g/mol. The number of esters is 1. The van der Waals surface area contributed by atoms with E-state index in [1.54, 1.807) is 0 Å². The Morgan fingerprint density at radius 1 is 1.28 bits per heavy atom. The number of nitro benzene ring substituents is 1. The molecule has 0 atom stereocenters. The Balaban J connectivity index is 1.50. The number of pyridine rings is 1. The number of carbonyl (C=O) groups is 2. The summed E-state index contributed by atoms with van der Waals surface area (Å²) >= 11 is 5.92. The maximum absolute atomic E-state index is 12.6. The molecule has 0 aliphatic carbocycles. The predicted octanol–water partition coefficient (Wildman–Crippen LogP) is 2.23. The van der Waals surface area contributed by atoms with Crippen LogP contribution in [0.2, 0.25) is 5.02 Å². The van der Waals surface area contributed by atoms with Gasteiger partial charge >= 0.3 is 5.97 Å². The molecule has 1 aliphatic heterocycles. The van der Waals surface area contributed by atoms with Gasteiger partial charge in [0.25, 0.3) is 11.6 Å². The minimum atomic E-state index is -3.69. The lowest BCUT2D eigenvalue weighted by Gasteiger charge is -2.29. The molecule has 1 fully saturated rings. The molecule has 11 nitrogen and oxygen atoms in total. The summed E-state index contributed by atoms with van der Waals surface area (Å²) in [6.07, 6.45) is 3.24. The average molecular weight is 483 g/mol. The monoisotopic (exact) mass is 482 g/mol. The number of benzene rings is 1. The number of sulfonamides is 1. The van der Waals surface area contributed by atoms with Crippen LogP contribution in [0, 0.1) is 16.0 Å². The average Bonchev–Trinajstić information content (AvgIpc) is 2.79. The van der Waals surface area contributed by atoms with Gasteiger partial charge < -0.3 is 10.1 Å². The first-order chi connectivity index (χ1) is 15.2. The van der Waals surface area contributed by atoms with E-state index < -0.39 is 39.3 Å². The number of halogens is 1. The number of hydrogen-bond acceptors (Lipinski definition) is 8. The Bertz CT molecular complexity index is 1120. The lowest BCUT2D eigenvalue weighted by molar-refractivity contribution is -0.384. The Morgan fingerprint density at radius 3 is 2.62 bits per heavy atom. The second-order valence-corrected chi connectivity index (χ2v) is 9.29. The zero-order valence-corrected chi connectivity index (χ0v) is 18.2. The molecule has 13 heteroatoms. The van der Waals surface area contributed by atoms with E-state index in [1.165, 1.54) is 41.0 Å². The van der Waals surface area contributed by atoms with Crippen molar-refractivity contribution in [3.05, 3.63) is 57.9 Å². The van der Waals surface area contributed by atoms with Crippen LogP contribution in [0.1, 0.15) is 12.8 Å². The topological polar surface area (TPSA) is 149 Å². The van der Waals surface area contributed by atoms with Gasteiger partial charge in [-0.1, -0.05) is 11.6 Å². The molecular formula is C19H19ClN4O7S. The highest BCUT2D eigenvalue weighted by Gasteiger charge is 2.33. The normalized spacial score (nSPS) is 15.2. The fraction of sp³-hybridized carbons (Fsp3) is 0.316. The summed E-state index contributed by atoms with van der Waals surface area (Å²) in [6, 6.07) is 6.55. The van der Waals surface area contributed by atoms with Crippen LogP contribution in [0.15, 0.2) is 47.6 Å². The highest BCUT2D eigenvalue weighted by Crippen LogP contribution is 2.27. The number of anilines is 1. The van der Waals surface area contributed by atoms with Crippen molar-refractivity contribution in [1.82, 2.24) is 9.29 Å². The predicted molar refractivity (Wildman–Crippen MR) is 113 cm³/mol. The summed E-state index contributed by atoms with van der Waals surface area (Å²) in [4.78, 5) is 38.5. The smallest absolute Gasteiger partial charge is 0.309 e. The zero-order valence-electron chi connectivity index (χ0n) is 16.6. The molecule has 2 heterocycles. The Kier molecular flexibility index (Phi) is 7.38. The van der Waals surface area contributed by atoms with Gasteiger partial charge in [0.2, 0.25) is 10.0 Å². The minimum absolute atomic E-state index is 0.0239. The van der Waals surface area contributed by atoms with E-state index in [0.29, 0.717) is 0 Å². The lowest BCUT2D eigenvalue weighted by atomic mass is 9.98. The second kappa shape index (κ2) is 10.0. The van der Waals surface area contributed by atoms with Crippen molar-refractivity contribution in [2.24, 2.45) is 5.92 Å². The van der Waals surface area contributed by atoms with Crippen molar-refractivity contribution in [2.45, 2.75) is 17.7 Å². The lowest BCUT2D eigenvalue weighted by Crippen LogP contribution is -2.41. The van der Waals surface area contributed by atoms with E-state index in [0.717, 1.165) is 6.07 Å². The molecule has 1 amide bonds. The number of aromatic nitrogens is 1. The van der Waals surface area contributed by atoms with E-state index in [4.69, 9.17) is 16.3 Å². The number of nitro groups is 1. The van der Waals surface area contributed by atoms with Gasteiger partial charge in [-0.2, -0.15) is 4.31 Å². The first kappa shape index (κ1) is 23.6. The molecule has 1 aromatic heterocycles. The number of amides is 1. The third kappa shape index (κ3) is 5.58. The minimum Gasteiger partial charge on any atom is -0.455 e. The van der Waals surface area contributed by atoms with E-state index >= 15 is 0 Å². The first-order valence-electron chi connectivity index (χ1n) is 9.49. The molecule has 1 aliphatic rings. The summed E-state index contributed by atoms with van der Waals surface area (Å²) in [7, 11) is -3.69. The molecule has 32 heavy (non-hydrogen) atoms. The zero-order chi connectivity index (χ0) is 23.3. The number of ether oxygens (including phenoxy) is 1. The molecule has 0 saturated carbocycles. The quantitative estimate of drug-likeness (QED) is 0.358. The molecule has 170 valence electrons. The molecule has 1 aromatic carbocycles. The molecule has 0 bridgehead atoms. The second-order valence-electron chi connectivity index (χ2n) is 6.94.